The first kappa shape index (κ1) is 25.8. The number of sulfone groups is 1. The molecule has 4 aromatic rings. The van der Waals surface area contributed by atoms with E-state index >= 15 is 0 Å². The molecule has 11 heteroatoms. The Morgan fingerprint density at radius 3 is 2.34 bits per heavy atom. The zero-order valence-electron chi connectivity index (χ0n) is 20.3. The van der Waals surface area contributed by atoms with E-state index in [0.29, 0.717) is 11.1 Å². The summed E-state index contributed by atoms with van der Waals surface area (Å²) >= 11 is 0. The molecule has 0 radical (unpaired) electrons. The van der Waals surface area contributed by atoms with Crippen molar-refractivity contribution in [1.82, 2.24) is 14.9 Å². The molecule has 198 valence electrons. The molecule has 1 saturated carbocycles. The predicted octanol–water partition coefficient (Wildman–Crippen LogP) is 5.91. The fourth-order valence-electron chi connectivity index (χ4n) is 4.06. The number of nitrogens with one attached hydrogen (secondary N) is 1. The minimum absolute atomic E-state index is 0.0131. The maximum atomic E-state index is 12.9. The van der Waals surface area contributed by atoms with Crippen LogP contribution in [0.3, 0.4) is 0 Å². The lowest BCUT2D eigenvalue weighted by atomic mass is 10.1. The lowest BCUT2D eigenvalue weighted by Gasteiger charge is -2.10. The second-order valence-corrected chi connectivity index (χ2v) is 11.3. The third kappa shape index (κ3) is 5.38. The highest BCUT2D eigenvalue weighted by molar-refractivity contribution is 7.91. The van der Waals surface area contributed by atoms with E-state index in [1.165, 1.54) is 24.3 Å². The lowest BCUT2D eigenvalue weighted by Crippen LogP contribution is -2.22. The van der Waals surface area contributed by atoms with Gasteiger partial charge in [-0.1, -0.05) is 19.1 Å². The zero-order chi connectivity index (χ0) is 27.1. The van der Waals surface area contributed by atoms with Crippen molar-refractivity contribution in [3.8, 4) is 11.8 Å². The van der Waals surface area contributed by atoms with Crippen LogP contribution in [0.25, 0.3) is 11.0 Å². The van der Waals surface area contributed by atoms with Crippen LogP contribution in [0.15, 0.2) is 71.6 Å². The van der Waals surface area contributed by atoms with Crippen LogP contribution >= 0.6 is 0 Å². The molecule has 1 aliphatic rings. The topological polar surface area (TPSA) is 90.3 Å². The Bertz CT molecular complexity index is 1590. The molecule has 0 unspecified atom stereocenters. The first-order chi connectivity index (χ1) is 18.0. The Morgan fingerprint density at radius 2 is 1.74 bits per heavy atom. The Balaban J connectivity index is 1.33. The van der Waals surface area contributed by atoms with Crippen LogP contribution in [0.5, 0.6) is 11.8 Å². The van der Waals surface area contributed by atoms with Gasteiger partial charge in [0.05, 0.1) is 27.2 Å². The van der Waals surface area contributed by atoms with Gasteiger partial charge in [0.1, 0.15) is 5.75 Å². The number of rotatable bonds is 8. The Labute approximate surface area is 217 Å². The van der Waals surface area contributed by atoms with Gasteiger partial charge in [0.25, 0.3) is 5.91 Å². The molecule has 0 spiro atoms. The van der Waals surface area contributed by atoms with Gasteiger partial charge in [-0.25, -0.2) is 8.42 Å². The molecule has 1 amide bonds. The summed E-state index contributed by atoms with van der Waals surface area (Å²) in [7, 11) is -3.29. The van der Waals surface area contributed by atoms with Crippen LogP contribution in [-0.2, 0) is 22.6 Å². The van der Waals surface area contributed by atoms with E-state index in [-0.39, 0.29) is 40.9 Å². The van der Waals surface area contributed by atoms with Gasteiger partial charge in [0, 0.05) is 18.2 Å². The largest absolute Gasteiger partial charge is 0.425 e. The molecule has 0 aliphatic heterocycles. The molecule has 3 aromatic carbocycles. The number of amides is 1. The number of nitrogens with zero attached hydrogens (tertiary/aromatic N) is 2. The molecular formula is C27H24F3N3O4S. The average molecular weight is 544 g/mol. The second kappa shape index (κ2) is 9.79. The highest BCUT2D eigenvalue weighted by atomic mass is 32.2. The third-order valence-corrected chi connectivity index (χ3v) is 8.09. The monoisotopic (exact) mass is 543 g/mol. The first-order valence-electron chi connectivity index (χ1n) is 12.0. The number of fused-ring (bicyclic) bond motifs is 1. The van der Waals surface area contributed by atoms with Gasteiger partial charge in [-0.15, -0.1) is 0 Å². The van der Waals surface area contributed by atoms with E-state index in [0.717, 1.165) is 36.1 Å². The Morgan fingerprint density at radius 1 is 1.05 bits per heavy atom. The van der Waals surface area contributed by atoms with Gasteiger partial charge in [-0.05, 0) is 73.0 Å². The molecule has 0 bridgehead atoms. The fourth-order valence-corrected chi connectivity index (χ4v) is 4.94. The smallest absolute Gasteiger partial charge is 0.416 e. The minimum atomic E-state index is -4.43. The maximum absolute atomic E-state index is 12.9. The lowest BCUT2D eigenvalue weighted by molar-refractivity contribution is -0.137. The van der Waals surface area contributed by atoms with Crippen LogP contribution in [-0.4, -0.2) is 29.6 Å². The van der Waals surface area contributed by atoms with E-state index in [1.807, 2.05) is 4.57 Å². The van der Waals surface area contributed by atoms with Gasteiger partial charge < -0.3 is 10.1 Å². The summed E-state index contributed by atoms with van der Waals surface area (Å²) in [4.78, 5) is 17.6. The summed E-state index contributed by atoms with van der Waals surface area (Å²) in [5.74, 6) is -0.0895. The molecule has 1 aromatic heterocycles. The minimum Gasteiger partial charge on any atom is -0.425 e. The van der Waals surface area contributed by atoms with Crippen molar-refractivity contribution in [3.05, 3.63) is 83.4 Å². The number of imidazole rings is 1. The third-order valence-electron chi connectivity index (χ3n) is 6.34. The maximum Gasteiger partial charge on any atom is 0.416 e. The number of alkyl halides is 3. The molecule has 5 rings (SSSR count). The van der Waals surface area contributed by atoms with Crippen molar-refractivity contribution in [3.63, 3.8) is 0 Å². The van der Waals surface area contributed by atoms with Crippen molar-refractivity contribution >= 4 is 26.8 Å². The molecule has 1 N–H and O–H groups in total. The number of hydrogen-bond acceptors (Lipinski definition) is 5. The quantitative estimate of drug-likeness (QED) is 0.299. The van der Waals surface area contributed by atoms with Crippen molar-refractivity contribution in [2.75, 3.05) is 5.75 Å². The SMILES string of the molecule is CCS(=O)(=O)c1ccc(CNC(=O)c2ccc3c(c2)nc(Oc2ccc(C(F)(F)F)cc2)n3C2CC2)cc1. The van der Waals surface area contributed by atoms with Crippen molar-refractivity contribution in [2.24, 2.45) is 0 Å². The Hall–Kier alpha value is -3.86. The van der Waals surface area contributed by atoms with Crippen molar-refractivity contribution in [2.45, 2.75) is 43.4 Å². The second-order valence-electron chi connectivity index (χ2n) is 9.05. The average Bonchev–Trinajstić information content (AvgIpc) is 3.67. The van der Waals surface area contributed by atoms with E-state index in [4.69, 9.17) is 4.74 Å². The van der Waals surface area contributed by atoms with Crippen LogP contribution < -0.4 is 10.1 Å². The molecule has 38 heavy (non-hydrogen) atoms. The number of hydrogen-bond donors (Lipinski definition) is 1. The molecule has 0 saturated heterocycles. The number of carbonyl (C=O) groups excluding carboxylic acids is 1. The summed E-state index contributed by atoms with van der Waals surface area (Å²) in [6.07, 6.45) is -2.58. The van der Waals surface area contributed by atoms with Gasteiger partial charge in [-0.2, -0.15) is 18.2 Å². The summed E-state index contributed by atoms with van der Waals surface area (Å²) in [6.45, 7) is 1.79. The van der Waals surface area contributed by atoms with Crippen molar-refractivity contribution in [1.29, 1.82) is 0 Å². The van der Waals surface area contributed by atoms with Crippen LogP contribution in [0.2, 0.25) is 0 Å². The van der Waals surface area contributed by atoms with Crippen LogP contribution in [0, 0.1) is 0 Å². The zero-order valence-corrected chi connectivity index (χ0v) is 21.1. The number of ether oxygens (including phenoxy) is 1. The molecule has 0 atom stereocenters. The molecule has 1 aliphatic carbocycles. The van der Waals surface area contributed by atoms with E-state index in [1.54, 1.807) is 37.3 Å². The highest BCUT2D eigenvalue weighted by Crippen LogP contribution is 2.42. The predicted molar refractivity (Wildman–Crippen MR) is 135 cm³/mol. The number of carbonyl (C=O) groups is 1. The summed E-state index contributed by atoms with van der Waals surface area (Å²) in [5.41, 5.74) is 1.65. The number of benzene rings is 3. The van der Waals surface area contributed by atoms with E-state index in [9.17, 15) is 26.4 Å². The first-order valence-corrected chi connectivity index (χ1v) is 13.7. The number of halogens is 3. The normalized spacial score (nSPS) is 14.0. The van der Waals surface area contributed by atoms with Crippen LogP contribution in [0.1, 0.15) is 47.3 Å². The van der Waals surface area contributed by atoms with Gasteiger partial charge >= 0.3 is 12.2 Å². The number of aromatic nitrogens is 2. The summed E-state index contributed by atoms with van der Waals surface area (Å²) in [6, 6.07) is 16.3. The summed E-state index contributed by atoms with van der Waals surface area (Å²) < 4.78 is 70.3. The summed E-state index contributed by atoms with van der Waals surface area (Å²) in [5, 5.41) is 2.82. The Kier molecular flexibility index (Phi) is 6.64. The molecule has 1 heterocycles. The highest BCUT2D eigenvalue weighted by Gasteiger charge is 2.31. The van der Waals surface area contributed by atoms with Gasteiger partial charge in [0.2, 0.25) is 0 Å². The molecular weight excluding hydrogens is 519 g/mol. The standard InChI is InChI=1S/C27H24F3N3O4S/c1-2-38(35,36)22-12-3-17(4-13-22)16-31-25(34)18-5-14-24-23(15-18)32-26(33(24)20-8-9-20)37-21-10-6-19(7-11-21)27(28,29)30/h3-7,10-15,20H,2,8-9,16H2,1H3,(H,31,34). The van der Waals surface area contributed by atoms with Gasteiger partial charge in [0.15, 0.2) is 9.84 Å². The fraction of sp³-hybridized carbons (Fsp3) is 0.259. The van der Waals surface area contributed by atoms with Crippen molar-refractivity contribution < 1.29 is 31.1 Å². The van der Waals surface area contributed by atoms with E-state index < -0.39 is 21.6 Å². The molecule has 1 fully saturated rings. The van der Waals surface area contributed by atoms with Crippen LogP contribution in [0.4, 0.5) is 13.2 Å². The van der Waals surface area contributed by atoms with E-state index in [2.05, 4.69) is 10.3 Å². The molecule has 7 nitrogen and oxygen atoms in total. The van der Waals surface area contributed by atoms with Gasteiger partial charge in [-0.3, -0.25) is 9.36 Å².